The van der Waals surface area contributed by atoms with Gasteiger partial charge in [0.05, 0.1) is 0 Å². The molecule has 1 fully saturated rings. The van der Waals surface area contributed by atoms with Crippen molar-refractivity contribution in [2.75, 3.05) is 5.73 Å². The lowest BCUT2D eigenvalue weighted by Crippen LogP contribution is -2.04. The zero-order chi connectivity index (χ0) is 10.8. The highest BCUT2D eigenvalue weighted by molar-refractivity contribution is 6.00. The third kappa shape index (κ3) is 2.55. The fourth-order valence-electron chi connectivity index (χ4n) is 1.65. The van der Waals surface area contributed by atoms with Crippen LogP contribution in [0, 0.1) is 11.7 Å². The predicted octanol–water partition coefficient (Wildman–Crippen LogP) is 2.78. The number of halogens is 1. The van der Waals surface area contributed by atoms with Gasteiger partial charge in [-0.1, -0.05) is 12.8 Å². The van der Waals surface area contributed by atoms with Crippen molar-refractivity contribution in [1.82, 2.24) is 0 Å². The number of nitrogen functional groups attached to an aromatic ring is 1. The lowest BCUT2D eigenvalue weighted by molar-refractivity contribution is 0.0978. The zero-order valence-electron chi connectivity index (χ0n) is 8.50. The minimum absolute atomic E-state index is 0.0427. The van der Waals surface area contributed by atoms with Crippen LogP contribution in [0.4, 0.5) is 10.1 Å². The third-order valence-corrected chi connectivity index (χ3v) is 2.79. The van der Waals surface area contributed by atoms with Crippen LogP contribution in [-0.2, 0) is 0 Å². The topological polar surface area (TPSA) is 43.1 Å². The second-order valence-corrected chi connectivity index (χ2v) is 4.14. The molecule has 15 heavy (non-hydrogen) atoms. The molecule has 1 aliphatic carbocycles. The number of rotatable bonds is 4. The summed E-state index contributed by atoms with van der Waals surface area (Å²) in [4.78, 5) is 11.7. The summed E-state index contributed by atoms with van der Waals surface area (Å²) in [6.45, 7) is 0. The molecule has 0 aromatic heterocycles. The van der Waals surface area contributed by atoms with Crippen molar-refractivity contribution in [3.05, 3.63) is 29.6 Å². The van der Waals surface area contributed by atoms with Crippen molar-refractivity contribution in [3.8, 4) is 0 Å². The Hall–Kier alpha value is -1.38. The van der Waals surface area contributed by atoms with Crippen LogP contribution in [0.3, 0.4) is 0 Å². The number of ketones is 1. The Morgan fingerprint density at radius 3 is 2.87 bits per heavy atom. The number of hydrogen-bond acceptors (Lipinski definition) is 2. The molecule has 2 N–H and O–H groups in total. The fraction of sp³-hybridized carbons (Fsp3) is 0.417. The highest BCUT2D eigenvalue weighted by Crippen LogP contribution is 2.34. The summed E-state index contributed by atoms with van der Waals surface area (Å²) in [5.74, 6) is 0.265. The third-order valence-electron chi connectivity index (χ3n) is 2.79. The molecule has 0 radical (unpaired) electrons. The van der Waals surface area contributed by atoms with Gasteiger partial charge in [0, 0.05) is 17.7 Å². The molecule has 2 rings (SSSR count). The Kier molecular flexibility index (Phi) is 2.71. The Balaban J connectivity index is 2.05. The van der Waals surface area contributed by atoms with E-state index in [-0.39, 0.29) is 5.78 Å². The van der Waals surface area contributed by atoms with Gasteiger partial charge in [-0.15, -0.1) is 0 Å². The summed E-state index contributed by atoms with van der Waals surface area (Å²) in [5, 5.41) is 0. The largest absolute Gasteiger partial charge is 0.398 e. The van der Waals surface area contributed by atoms with Crippen molar-refractivity contribution >= 4 is 11.5 Å². The monoisotopic (exact) mass is 207 g/mol. The van der Waals surface area contributed by atoms with E-state index in [1.807, 2.05) is 0 Å². The van der Waals surface area contributed by atoms with Gasteiger partial charge in [0.2, 0.25) is 0 Å². The SMILES string of the molecule is Nc1ccc(F)cc1C(=O)CCC1CC1. The molecule has 1 aromatic carbocycles. The number of hydrogen-bond donors (Lipinski definition) is 1. The molecule has 1 aliphatic rings. The molecule has 1 aromatic rings. The van der Waals surface area contributed by atoms with Gasteiger partial charge in [0.15, 0.2) is 5.78 Å². The van der Waals surface area contributed by atoms with Crippen LogP contribution < -0.4 is 5.73 Å². The smallest absolute Gasteiger partial charge is 0.165 e. The van der Waals surface area contributed by atoms with Crippen LogP contribution in [-0.4, -0.2) is 5.78 Å². The second-order valence-electron chi connectivity index (χ2n) is 4.14. The zero-order valence-corrected chi connectivity index (χ0v) is 8.50. The Morgan fingerprint density at radius 1 is 1.47 bits per heavy atom. The number of benzene rings is 1. The van der Waals surface area contributed by atoms with Gasteiger partial charge in [0.25, 0.3) is 0 Å². The average molecular weight is 207 g/mol. The summed E-state index contributed by atoms with van der Waals surface area (Å²) >= 11 is 0. The van der Waals surface area contributed by atoms with Gasteiger partial charge < -0.3 is 5.73 Å². The summed E-state index contributed by atoms with van der Waals surface area (Å²) in [7, 11) is 0. The minimum atomic E-state index is -0.404. The molecule has 3 heteroatoms. The molecule has 0 spiro atoms. The summed E-state index contributed by atoms with van der Waals surface area (Å²) in [6, 6.07) is 3.94. The van der Waals surface area contributed by atoms with Crippen LogP contribution >= 0.6 is 0 Å². The van der Waals surface area contributed by atoms with E-state index in [0.29, 0.717) is 23.6 Å². The molecule has 1 saturated carbocycles. The summed E-state index contributed by atoms with van der Waals surface area (Å²) in [5.41, 5.74) is 6.33. The van der Waals surface area contributed by atoms with E-state index in [0.717, 1.165) is 6.42 Å². The van der Waals surface area contributed by atoms with Crippen LogP contribution in [0.15, 0.2) is 18.2 Å². The second kappa shape index (κ2) is 4.01. The van der Waals surface area contributed by atoms with Gasteiger partial charge in [-0.3, -0.25) is 4.79 Å². The maximum absolute atomic E-state index is 12.9. The van der Waals surface area contributed by atoms with E-state index < -0.39 is 5.82 Å². The van der Waals surface area contributed by atoms with Crippen molar-refractivity contribution in [2.45, 2.75) is 25.7 Å². The molecule has 0 unspecified atom stereocenters. The van der Waals surface area contributed by atoms with E-state index in [4.69, 9.17) is 5.73 Å². The van der Waals surface area contributed by atoms with Crippen molar-refractivity contribution in [2.24, 2.45) is 5.92 Å². The first-order valence-corrected chi connectivity index (χ1v) is 5.25. The Bertz CT molecular complexity index is 385. The van der Waals surface area contributed by atoms with Gasteiger partial charge in [0.1, 0.15) is 5.82 Å². The first-order chi connectivity index (χ1) is 7.16. The molecule has 80 valence electrons. The average Bonchev–Trinajstić information content (AvgIpc) is 3.02. The van der Waals surface area contributed by atoms with Crippen LogP contribution in [0.2, 0.25) is 0 Å². The molecular weight excluding hydrogens is 193 g/mol. The minimum Gasteiger partial charge on any atom is -0.398 e. The van der Waals surface area contributed by atoms with Gasteiger partial charge >= 0.3 is 0 Å². The normalized spacial score (nSPS) is 15.3. The van der Waals surface area contributed by atoms with E-state index >= 15 is 0 Å². The van der Waals surface area contributed by atoms with E-state index in [9.17, 15) is 9.18 Å². The first kappa shape index (κ1) is 10.1. The first-order valence-electron chi connectivity index (χ1n) is 5.25. The molecule has 0 atom stereocenters. The maximum atomic E-state index is 12.9. The van der Waals surface area contributed by atoms with Crippen LogP contribution in [0.1, 0.15) is 36.0 Å². The van der Waals surface area contributed by atoms with Gasteiger partial charge in [-0.2, -0.15) is 0 Å². The van der Waals surface area contributed by atoms with Gasteiger partial charge in [-0.05, 0) is 30.5 Å². The summed E-state index contributed by atoms with van der Waals surface area (Å²) in [6.07, 6.45) is 3.85. The molecule has 0 aliphatic heterocycles. The summed E-state index contributed by atoms with van der Waals surface area (Å²) < 4.78 is 12.9. The van der Waals surface area contributed by atoms with Crippen molar-refractivity contribution < 1.29 is 9.18 Å². The van der Waals surface area contributed by atoms with E-state index in [1.54, 1.807) is 0 Å². The molecule has 2 nitrogen and oxygen atoms in total. The highest BCUT2D eigenvalue weighted by atomic mass is 19.1. The molecule has 0 saturated heterocycles. The molecule has 0 heterocycles. The molecular formula is C12H14FNO. The molecule has 0 bridgehead atoms. The maximum Gasteiger partial charge on any atom is 0.165 e. The van der Waals surface area contributed by atoms with E-state index in [1.165, 1.54) is 31.0 Å². The van der Waals surface area contributed by atoms with Crippen molar-refractivity contribution in [3.63, 3.8) is 0 Å². The Labute approximate surface area is 88.3 Å². The van der Waals surface area contributed by atoms with Crippen LogP contribution in [0.25, 0.3) is 0 Å². The lowest BCUT2D eigenvalue weighted by Gasteiger charge is -2.04. The molecule has 0 amide bonds. The Morgan fingerprint density at radius 2 is 2.20 bits per heavy atom. The van der Waals surface area contributed by atoms with Gasteiger partial charge in [-0.25, -0.2) is 4.39 Å². The predicted molar refractivity (Wildman–Crippen MR) is 57.1 cm³/mol. The lowest BCUT2D eigenvalue weighted by atomic mass is 10.0. The number of carbonyl (C=O) groups excluding carboxylic acids is 1. The standard InChI is InChI=1S/C12H14FNO/c13-9-4-5-11(14)10(7-9)12(15)6-3-8-1-2-8/h4-5,7-8H,1-3,6,14H2. The number of anilines is 1. The number of nitrogens with two attached hydrogens (primary N) is 1. The van der Waals surface area contributed by atoms with Crippen molar-refractivity contribution in [1.29, 1.82) is 0 Å². The highest BCUT2D eigenvalue weighted by Gasteiger charge is 2.22. The quantitative estimate of drug-likeness (QED) is 0.609. The fourth-order valence-corrected chi connectivity index (χ4v) is 1.65. The number of carbonyl (C=O) groups is 1. The van der Waals surface area contributed by atoms with E-state index in [2.05, 4.69) is 0 Å². The van der Waals surface area contributed by atoms with Crippen LogP contribution in [0.5, 0.6) is 0 Å². The number of Topliss-reactive ketones (excluding diaryl/α,β-unsaturated/α-hetero) is 1.